The number of rotatable bonds is 6. The number of halogens is 2. The number of hydrogen-bond donors (Lipinski definition) is 2. The summed E-state index contributed by atoms with van der Waals surface area (Å²) in [4.78, 5) is 10.7. The van der Waals surface area contributed by atoms with Gasteiger partial charge in [0.2, 0.25) is 10.0 Å². The monoisotopic (exact) mass is 341 g/mol. The van der Waals surface area contributed by atoms with Crippen LogP contribution in [-0.4, -0.2) is 39.3 Å². The van der Waals surface area contributed by atoms with Crippen LogP contribution in [0, 0.1) is 0 Å². The van der Waals surface area contributed by atoms with Crippen LogP contribution in [0.2, 0.25) is 10.0 Å². The topological polar surface area (TPSA) is 92.7 Å². The van der Waals surface area contributed by atoms with Crippen molar-refractivity contribution in [2.45, 2.75) is 17.9 Å². The molecule has 0 radical (unpaired) electrons. The Bertz CT molecular complexity index is 617. The average Bonchev–Trinajstić information content (AvgIpc) is 2.35. The minimum atomic E-state index is -3.95. The molecule has 6 nitrogen and oxygen atoms in total. The highest BCUT2D eigenvalue weighted by Crippen LogP contribution is 2.30. The lowest BCUT2D eigenvalue weighted by Crippen LogP contribution is -2.32. The molecule has 0 heterocycles. The van der Waals surface area contributed by atoms with E-state index in [1.165, 1.54) is 13.2 Å². The lowest BCUT2D eigenvalue weighted by atomic mass is 10.2. The molecular formula is C11H13Cl2NO5S. The number of nitrogens with one attached hydrogen (secondary N) is 1. The third-order valence-corrected chi connectivity index (χ3v) is 4.81. The smallest absolute Gasteiger partial charge is 0.338 e. The zero-order valence-electron chi connectivity index (χ0n) is 10.7. The van der Waals surface area contributed by atoms with Gasteiger partial charge < -0.3 is 9.84 Å². The van der Waals surface area contributed by atoms with Crippen molar-refractivity contribution in [3.8, 4) is 0 Å². The van der Waals surface area contributed by atoms with E-state index in [9.17, 15) is 13.2 Å². The largest absolute Gasteiger partial charge is 0.478 e. The second kappa shape index (κ2) is 6.73. The molecule has 112 valence electrons. The molecule has 0 aliphatic carbocycles. The third-order valence-electron chi connectivity index (χ3n) is 2.52. The number of ether oxygens (including phenoxy) is 1. The van der Waals surface area contributed by atoms with Crippen LogP contribution in [-0.2, 0) is 14.8 Å². The molecule has 1 unspecified atom stereocenters. The van der Waals surface area contributed by atoms with Gasteiger partial charge in [0.05, 0.1) is 21.7 Å². The quantitative estimate of drug-likeness (QED) is 0.825. The highest BCUT2D eigenvalue weighted by Gasteiger charge is 2.24. The fourth-order valence-electron chi connectivity index (χ4n) is 1.33. The van der Waals surface area contributed by atoms with Crippen molar-refractivity contribution in [3.05, 3.63) is 27.7 Å². The van der Waals surface area contributed by atoms with Crippen molar-refractivity contribution in [3.63, 3.8) is 0 Å². The molecule has 1 aromatic rings. The second-order valence-corrected chi connectivity index (χ2v) is 6.46. The van der Waals surface area contributed by atoms with Crippen molar-refractivity contribution >= 4 is 39.2 Å². The highest BCUT2D eigenvalue weighted by atomic mass is 35.5. The Balaban J connectivity index is 3.20. The van der Waals surface area contributed by atoms with Crippen LogP contribution in [0.5, 0.6) is 0 Å². The van der Waals surface area contributed by atoms with Gasteiger partial charge in [0.25, 0.3) is 0 Å². The van der Waals surface area contributed by atoms with Crippen molar-refractivity contribution in [2.24, 2.45) is 0 Å². The van der Waals surface area contributed by atoms with Gasteiger partial charge >= 0.3 is 5.97 Å². The van der Waals surface area contributed by atoms with Crippen molar-refractivity contribution in [2.75, 3.05) is 13.7 Å². The summed E-state index contributed by atoms with van der Waals surface area (Å²) in [6.45, 7) is 1.70. The van der Waals surface area contributed by atoms with E-state index in [2.05, 4.69) is 4.72 Å². The Hall–Kier alpha value is -0.860. The van der Waals surface area contributed by atoms with E-state index in [1.807, 2.05) is 0 Å². The molecule has 0 aliphatic rings. The summed E-state index contributed by atoms with van der Waals surface area (Å²) in [6.07, 6.45) is -0.338. The summed E-state index contributed by atoms with van der Waals surface area (Å²) in [5, 5.41) is 8.43. The Kier molecular flexibility index (Phi) is 5.79. The first kappa shape index (κ1) is 17.2. The number of carboxylic acid groups (broad SMARTS) is 1. The van der Waals surface area contributed by atoms with Gasteiger partial charge in [0, 0.05) is 13.7 Å². The zero-order valence-corrected chi connectivity index (χ0v) is 13.0. The Morgan fingerprint density at radius 3 is 2.55 bits per heavy atom. The molecule has 1 atom stereocenters. The summed E-state index contributed by atoms with van der Waals surface area (Å²) in [7, 11) is -2.51. The summed E-state index contributed by atoms with van der Waals surface area (Å²) in [6, 6.07) is 2.32. The Labute approximate surface area is 126 Å². The predicted molar refractivity (Wildman–Crippen MR) is 75.1 cm³/mol. The summed E-state index contributed by atoms with van der Waals surface area (Å²) < 4.78 is 31.3. The Morgan fingerprint density at radius 1 is 1.45 bits per heavy atom. The van der Waals surface area contributed by atoms with Crippen LogP contribution < -0.4 is 4.72 Å². The van der Waals surface area contributed by atoms with Gasteiger partial charge in [-0.15, -0.1) is 0 Å². The minimum absolute atomic E-state index is 0.0280. The van der Waals surface area contributed by atoms with Gasteiger partial charge in [-0.05, 0) is 19.1 Å². The molecular weight excluding hydrogens is 329 g/mol. The van der Waals surface area contributed by atoms with E-state index in [0.717, 1.165) is 6.07 Å². The van der Waals surface area contributed by atoms with Crippen LogP contribution in [0.3, 0.4) is 0 Å². The second-order valence-electron chi connectivity index (χ2n) is 3.94. The first-order chi connectivity index (χ1) is 9.20. The van der Waals surface area contributed by atoms with Gasteiger partial charge in [0.15, 0.2) is 0 Å². The van der Waals surface area contributed by atoms with Gasteiger partial charge in [-0.25, -0.2) is 17.9 Å². The van der Waals surface area contributed by atoms with Gasteiger partial charge in [-0.2, -0.15) is 0 Å². The number of aromatic carboxylic acids is 1. The molecule has 0 fully saturated rings. The number of carboxylic acids is 1. The molecule has 9 heteroatoms. The van der Waals surface area contributed by atoms with E-state index in [4.69, 9.17) is 33.0 Å². The van der Waals surface area contributed by atoms with Gasteiger partial charge in [0.1, 0.15) is 4.90 Å². The maximum absolute atomic E-state index is 12.1. The third kappa shape index (κ3) is 3.83. The number of hydrogen-bond acceptors (Lipinski definition) is 4. The Morgan fingerprint density at radius 2 is 2.05 bits per heavy atom. The van der Waals surface area contributed by atoms with Gasteiger partial charge in [-0.3, -0.25) is 0 Å². The van der Waals surface area contributed by atoms with Crippen molar-refractivity contribution in [1.29, 1.82) is 0 Å². The predicted octanol–water partition coefficient (Wildman–Crippen LogP) is 2.00. The molecule has 0 saturated heterocycles. The molecule has 0 bridgehead atoms. The molecule has 0 aliphatic heterocycles. The lowest BCUT2D eigenvalue weighted by Gasteiger charge is -2.13. The van der Waals surface area contributed by atoms with E-state index < -0.39 is 26.6 Å². The zero-order chi connectivity index (χ0) is 15.5. The number of carbonyl (C=O) groups is 1. The first-order valence-corrected chi connectivity index (χ1v) is 7.68. The molecule has 1 aromatic carbocycles. The standard InChI is InChI=1S/C11H13Cl2NO5S/c1-6(19-2)5-14-20(17,18)8-4-3-7(12)9(10(8)13)11(15)16/h3-4,6,14H,5H2,1-2H3,(H,15,16). The molecule has 2 N–H and O–H groups in total. The minimum Gasteiger partial charge on any atom is -0.478 e. The van der Waals surface area contributed by atoms with Crippen LogP contribution in [0.4, 0.5) is 0 Å². The first-order valence-electron chi connectivity index (χ1n) is 5.44. The summed E-state index contributed by atoms with van der Waals surface area (Å²) in [5.74, 6) is -1.40. The molecule has 20 heavy (non-hydrogen) atoms. The molecule has 0 saturated carbocycles. The fourth-order valence-corrected chi connectivity index (χ4v) is 3.36. The molecule has 0 aromatic heterocycles. The number of benzene rings is 1. The van der Waals surface area contributed by atoms with E-state index >= 15 is 0 Å². The fraction of sp³-hybridized carbons (Fsp3) is 0.364. The normalized spacial score (nSPS) is 13.2. The molecule has 1 rings (SSSR count). The van der Waals surface area contributed by atoms with E-state index in [1.54, 1.807) is 6.92 Å². The van der Waals surface area contributed by atoms with Crippen molar-refractivity contribution < 1.29 is 23.1 Å². The number of sulfonamides is 1. The van der Waals surface area contributed by atoms with Crippen LogP contribution in [0.15, 0.2) is 17.0 Å². The van der Waals surface area contributed by atoms with Crippen LogP contribution in [0.25, 0.3) is 0 Å². The molecule has 0 amide bonds. The summed E-state index contributed by atoms with van der Waals surface area (Å²) in [5.41, 5.74) is -0.448. The SMILES string of the molecule is COC(C)CNS(=O)(=O)c1ccc(Cl)c(C(=O)O)c1Cl. The summed E-state index contributed by atoms with van der Waals surface area (Å²) >= 11 is 11.5. The highest BCUT2D eigenvalue weighted by molar-refractivity contribution is 7.89. The molecule has 0 spiro atoms. The maximum atomic E-state index is 12.1. The van der Waals surface area contributed by atoms with Crippen LogP contribution >= 0.6 is 23.2 Å². The number of methoxy groups -OCH3 is 1. The van der Waals surface area contributed by atoms with Crippen LogP contribution in [0.1, 0.15) is 17.3 Å². The van der Waals surface area contributed by atoms with Gasteiger partial charge in [-0.1, -0.05) is 23.2 Å². The maximum Gasteiger partial charge on any atom is 0.338 e. The van der Waals surface area contributed by atoms with Crippen molar-refractivity contribution in [1.82, 2.24) is 4.72 Å². The van der Waals surface area contributed by atoms with E-state index in [-0.39, 0.29) is 22.6 Å². The lowest BCUT2D eigenvalue weighted by molar-refractivity contribution is 0.0697. The van der Waals surface area contributed by atoms with E-state index in [0.29, 0.717) is 0 Å². The average molecular weight is 342 g/mol.